The zero-order chi connectivity index (χ0) is 28.0. The molecule has 3 aromatic rings. The minimum Gasteiger partial charge on any atom is -0.346 e. The van der Waals surface area contributed by atoms with Gasteiger partial charge in [0.25, 0.3) is 0 Å². The normalized spacial score (nSPS) is 18.9. The minimum atomic E-state index is -0.162. The Morgan fingerprint density at radius 1 is 1.05 bits per heavy atom. The first-order valence-corrected chi connectivity index (χ1v) is 14.9. The minimum absolute atomic E-state index is 0.113. The number of amides is 1. The molecular weight excluding hydrogens is 500 g/mol. The summed E-state index contributed by atoms with van der Waals surface area (Å²) in [7, 11) is 2.16. The van der Waals surface area contributed by atoms with Crippen LogP contribution in [-0.4, -0.2) is 56.7 Å². The Kier molecular flexibility index (Phi) is 9.04. The Bertz CT molecular complexity index is 1260. The molecular formula is C32H42N6O2. The van der Waals surface area contributed by atoms with E-state index < -0.39 is 0 Å². The Labute approximate surface area is 237 Å². The molecule has 2 aliphatic rings. The summed E-state index contributed by atoms with van der Waals surface area (Å²) in [5.41, 5.74) is 3.88. The first-order chi connectivity index (χ1) is 19.5. The van der Waals surface area contributed by atoms with Crippen molar-refractivity contribution in [1.82, 2.24) is 30.2 Å². The number of hydrogen-bond acceptors (Lipinski definition) is 6. The number of carbonyl (C=O) groups is 2. The highest BCUT2D eigenvalue weighted by atomic mass is 16.2. The number of nitrogens with one attached hydrogen (secondary N) is 2. The van der Waals surface area contributed by atoms with E-state index in [0.29, 0.717) is 18.6 Å². The predicted octanol–water partition coefficient (Wildman–Crippen LogP) is 5.74. The summed E-state index contributed by atoms with van der Waals surface area (Å²) in [6.45, 7) is 4.07. The van der Waals surface area contributed by atoms with Crippen LogP contribution < -0.4 is 5.32 Å². The molecule has 4 heterocycles. The van der Waals surface area contributed by atoms with Crippen LogP contribution in [0.3, 0.4) is 0 Å². The van der Waals surface area contributed by atoms with Crippen LogP contribution in [0, 0.1) is 11.3 Å². The number of nitrogens with zero attached hydrogens (tertiary/aromatic N) is 4. The fraction of sp³-hybridized carbons (Fsp3) is 0.531. The van der Waals surface area contributed by atoms with E-state index >= 15 is 0 Å². The first-order valence-electron chi connectivity index (χ1n) is 14.9. The third kappa shape index (κ3) is 6.84. The van der Waals surface area contributed by atoms with Gasteiger partial charge in [0.15, 0.2) is 0 Å². The maximum Gasteiger partial charge on any atom is 0.224 e. The van der Waals surface area contributed by atoms with Crippen molar-refractivity contribution in [1.29, 1.82) is 0 Å². The van der Waals surface area contributed by atoms with Crippen LogP contribution in [0.2, 0.25) is 0 Å². The molecule has 1 aliphatic heterocycles. The number of likely N-dealkylation sites (tertiary alicyclic amines) is 1. The van der Waals surface area contributed by atoms with Gasteiger partial charge in [0, 0.05) is 48.5 Å². The molecule has 1 spiro atoms. The highest BCUT2D eigenvalue weighted by molar-refractivity contribution is 5.83. The lowest BCUT2D eigenvalue weighted by Gasteiger charge is -2.30. The number of ketones is 1. The molecule has 3 aromatic heterocycles. The van der Waals surface area contributed by atoms with Crippen LogP contribution in [0.25, 0.3) is 22.5 Å². The fourth-order valence-corrected chi connectivity index (χ4v) is 5.98. The number of pyridine rings is 2. The quantitative estimate of drug-likeness (QED) is 0.267. The lowest BCUT2D eigenvalue weighted by atomic mass is 9.91. The predicted molar refractivity (Wildman–Crippen MR) is 156 cm³/mol. The van der Waals surface area contributed by atoms with Crippen molar-refractivity contribution in [3.63, 3.8) is 0 Å². The molecule has 8 heteroatoms. The zero-order valence-corrected chi connectivity index (χ0v) is 23.9. The van der Waals surface area contributed by atoms with Crippen LogP contribution in [0.5, 0.6) is 0 Å². The number of rotatable bonds is 13. The average molecular weight is 543 g/mol. The summed E-state index contributed by atoms with van der Waals surface area (Å²) in [6, 6.07) is 7.76. The van der Waals surface area contributed by atoms with E-state index in [0.717, 1.165) is 92.8 Å². The highest BCUT2D eigenvalue weighted by Crippen LogP contribution is 2.59. The molecule has 2 fully saturated rings. The number of piperidine rings is 1. The molecule has 2 atom stereocenters. The van der Waals surface area contributed by atoms with Gasteiger partial charge in [0.1, 0.15) is 11.6 Å². The summed E-state index contributed by atoms with van der Waals surface area (Å²) >= 11 is 0. The molecule has 1 saturated heterocycles. The monoisotopic (exact) mass is 542 g/mol. The fourth-order valence-electron chi connectivity index (χ4n) is 5.98. The van der Waals surface area contributed by atoms with Gasteiger partial charge in [-0.15, -0.1) is 0 Å². The second-order valence-electron chi connectivity index (χ2n) is 11.7. The van der Waals surface area contributed by atoms with Gasteiger partial charge >= 0.3 is 0 Å². The molecule has 40 heavy (non-hydrogen) atoms. The van der Waals surface area contributed by atoms with Gasteiger partial charge in [-0.05, 0) is 81.9 Å². The molecule has 0 radical (unpaired) electrons. The maximum absolute atomic E-state index is 13.4. The van der Waals surface area contributed by atoms with Crippen LogP contribution in [0.15, 0.2) is 49.1 Å². The maximum atomic E-state index is 13.4. The van der Waals surface area contributed by atoms with Gasteiger partial charge in [-0.2, -0.15) is 0 Å². The van der Waals surface area contributed by atoms with Crippen molar-refractivity contribution in [3.8, 4) is 22.5 Å². The van der Waals surface area contributed by atoms with Gasteiger partial charge in [0.2, 0.25) is 5.91 Å². The first kappa shape index (κ1) is 28.1. The molecule has 212 valence electrons. The molecule has 0 unspecified atom stereocenters. The summed E-state index contributed by atoms with van der Waals surface area (Å²) in [6.07, 6.45) is 16.6. The topological polar surface area (TPSA) is 104 Å². The lowest BCUT2D eigenvalue weighted by molar-refractivity contribution is -0.124. The highest BCUT2D eigenvalue weighted by Gasteiger charge is 2.58. The number of hydrogen-bond donors (Lipinski definition) is 2. The number of carbonyl (C=O) groups excluding carboxylic acids is 2. The van der Waals surface area contributed by atoms with Gasteiger partial charge in [-0.25, -0.2) is 4.98 Å². The Hall–Kier alpha value is -3.39. The van der Waals surface area contributed by atoms with Crippen molar-refractivity contribution in [2.75, 3.05) is 20.1 Å². The number of imidazole rings is 1. The van der Waals surface area contributed by atoms with Gasteiger partial charge in [-0.1, -0.05) is 26.2 Å². The van der Waals surface area contributed by atoms with Crippen molar-refractivity contribution >= 4 is 11.7 Å². The molecule has 0 aromatic carbocycles. The van der Waals surface area contributed by atoms with Crippen molar-refractivity contribution in [3.05, 3.63) is 54.9 Å². The van der Waals surface area contributed by atoms with E-state index in [1.165, 1.54) is 0 Å². The summed E-state index contributed by atoms with van der Waals surface area (Å²) < 4.78 is 0. The largest absolute Gasteiger partial charge is 0.346 e. The molecule has 2 N–H and O–H groups in total. The van der Waals surface area contributed by atoms with Crippen molar-refractivity contribution < 1.29 is 9.59 Å². The zero-order valence-electron chi connectivity index (χ0n) is 23.9. The van der Waals surface area contributed by atoms with Crippen molar-refractivity contribution in [2.45, 2.75) is 77.2 Å². The summed E-state index contributed by atoms with van der Waals surface area (Å²) in [5.74, 6) is 1.41. The summed E-state index contributed by atoms with van der Waals surface area (Å²) in [4.78, 5) is 44.4. The standard InChI is InChI=1S/C32H42N6O2/c1-3-25(39)10-6-4-5-7-11-28(37-31(40)26-19-32(26)14-17-38(2)18-15-32)30-35-22-29(36-30)24-12-13-27(34-21-24)23-9-8-16-33-20-23/h8-9,12-13,16,20-22,26,28H,3-7,10-11,14-15,17-19H2,1-2H3,(H,35,36)(H,37,40)/t26-,28+/m1/s1. The number of aromatic amines is 1. The lowest BCUT2D eigenvalue weighted by Crippen LogP contribution is -2.36. The van der Waals surface area contributed by atoms with Crippen molar-refractivity contribution in [2.24, 2.45) is 11.3 Å². The Balaban J connectivity index is 1.23. The van der Waals surface area contributed by atoms with Gasteiger partial charge < -0.3 is 15.2 Å². The van der Waals surface area contributed by atoms with E-state index in [-0.39, 0.29) is 23.3 Å². The average Bonchev–Trinajstić information content (AvgIpc) is 3.47. The third-order valence-electron chi connectivity index (χ3n) is 8.86. The number of unbranched alkanes of at least 4 members (excludes halogenated alkanes) is 3. The van der Waals surface area contributed by atoms with Crippen LogP contribution in [-0.2, 0) is 9.59 Å². The Morgan fingerprint density at radius 3 is 2.60 bits per heavy atom. The molecule has 1 aliphatic carbocycles. The van der Waals surface area contributed by atoms with E-state index in [1.807, 2.05) is 43.6 Å². The number of H-pyrrole nitrogens is 1. The SMILES string of the molecule is CCC(=O)CCCCCC[C@H](NC(=O)[C@H]1CC12CCN(C)CC2)c1ncc(-c2ccc(-c3cccnc3)nc2)[nH]1. The van der Waals surface area contributed by atoms with Gasteiger partial charge in [-0.3, -0.25) is 19.6 Å². The van der Waals surface area contributed by atoms with Crippen LogP contribution in [0.4, 0.5) is 0 Å². The molecule has 8 nitrogen and oxygen atoms in total. The number of aromatic nitrogens is 4. The van der Waals surface area contributed by atoms with Gasteiger partial charge in [0.05, 0.1) is 23.6 Å². The molecule has 5 rings (SSSR count). The van der Waals surface area contributed by atoms with E-state index in [9.17, 15) is 9.59 Å². The molecule has 1 amide bonds. The summed E-state index contributed by atoms with van der Waals surface area (Å²) in [5, 5.41) is 3.37. The van der Waals surface area contributed by atoms with Crippen LogP contribution >= 0.6 is 0 Å². The number of Topliss-reactive ketones (excluding diaryl/α,β-unsaturated/α-hetero) is 1. The third-order valence-corrected chi connectivity index (χ3v) is 8.86. The Morgan fingerprint density at radius 2 is 1.88 bits per heavy atom. The van der Waals surface area contributed by atoms with E-state index in [4.69, 9.17) is 4.98 Å². The molecule has 1 saturated carbocycles. The van der Waals surface area contributed by atoms with E-state index in [1.54, 1.807) is 12.4 Å². The second kappa shape index (κ2) is 12.9. The van der Waals surface area contributed by atoms with Crippen LogP contribution in [0.1, 0.15) is 83.0 Å². The smallest absolute Gasteiger partial charge is 0.224 e. The second-order valence-corrected chi connectivity index (χ2v) is 11.7. The van der Waals surface area contributed by atoms with E-state index in [2.05, 4.69) is 32.2 Å². The molecule has 0 bridgehead atoms.